The van der Waals surface area contributed by atoms with Gasteiger partial charge in [-0.25, -0.2) is 0 Å². The first-order valence-corrected chi connectivity index (χ1v) is 23.6. The third-order valence-corrected chi connectivity index (χ3v) is 17.8. The van der Waals surface area contributed by atoms with Crippen molar-refractivity contribution >= 4 is 94.4 Å². The molecular weight excluding hydrogens is 799 g/mol. The Morgan fingerprint density at radius 1 is 0.344 bits per heavy atom. The molecule has 0 fully saturated rings. The van der Waals surface area contributed by atoms with Gasteiger partial charge in [0.1, 0.15) is 11.2 Å². The summed E-state index contributed by atoms with van der Waals surface area (Å²) in [7, 11) is -3.02. The minimum absolute atomic E-state index is 0.519. The summed E-state index contributed by atoms with van der Waals surface area (Å²) in [5.74, 6) is 1.56. The molecule has 4 aromatic heterocycles. The van der Waals surface area contributed by atoms with Crippen LogP contribution in [-0.4, -0.2) is 32.2 Å². The highest BCUT2D eigenvalue weighted by atomic mass is 28.3. The lowest BCUT2D eigenvalue weighted by Gasteiger charge is -2.35. The SMILES string of the molecule is c1ccc([Si](c2ccccc2)(c2ccccc2)c2ccc(-c3nc(-n4c5ccccc5c5ccccc54)nc(-n4c5ccccc5c5ccccc54)n3)c3oc4ccccc4c23)cc1. The normalized spacial score (nSPS) is 12.1. The highest BCUT2D eigenvalue weighted by Gasteiger charge is 2.43. The number of furan rings is 1. The number of hydrogen-bond donors (Lipinski definition) is 0. The van der Waals surface area contributed by atoms with E-state index < -0.39 is 8.07 Å². The summed E-state index contributed by atoms with van der Waals surface area (Å²) in [5.41, 5.74) is 6.41. The number of benzene rings is 9. The number of para-hydroxylation sites is 5. The first-order valence-electron chi connectivity index (χ1n) is 21.6. The van der Waals surface area contributed by atoms with Gasteiger partial charge in [0.2, 0.25) is 11.9 Å². The minimum atomic E-state index is -3.02. The largest absolute Gasteiger partial charge is 0.455 e. The maximum atomic E-state index is 7.13. The average Bonchev–Trinajstić information content (AvgIpc) is 4.04. The number of hydrogen-bond acceptors (Lipinski definition) is 4. The van der Waals surface area contributed by atoms with Gasteiger partial charge in [0, 0.05) is 32.3 Å². The summed E-state index contributed by atoms with van der Waals surface area (Å²) in [4.78, 5) is 16.4. The van der Waals surface area contributed by atoms with Crippen LogP contribution in [0.25, 0.3) is 88.8 Å². The van der Waals surface area contributed by atoms with E-state index in [0.717, 1.165) is 71.1 Å². The Morgan fingerprint density at radius 2 is 0.719 bits per heavy atom. The summed E-state index contributed by atoms with van der Waals surface area (Å²) in [5, 5.41) is 11.7. The summed E-state index contributed by atoms with van der Waals surface area (Å²) >= 11 is 0. The average molecular weight is 836 g/mol. The van der Waals surface area contributed by atoms with Gasteiger partial charge in [0.15, 0.2) is 13.9 Å². The molecule has 4 heterocycles. The monoisotopic (exact) mass is 835 g/mol. The van der Waals surface area contributed by atoms with E-state index in [9.17, 15) is 0 Å². The van der Waals surface area contributed by atoms with Crippen LogP contribution in [-0.2, 0) is 0 Å². The molecule has 9 aromatic carbocycles. The number of nitrogens with zero attached hydrogens (tertiary/aromatic N) is 5. The van der Waals surface area contributed by atoms with Gasteiger partial charge >= 0.3 is 0 Å². The molecule has 0 saturated heterocycles. The summed E-state index contributed by atoms with van der Waals surface area (Å²) in [6.07, 6.45) is 0. The van der Waals surface area contributed by atoms with Crippen LogP contribution in [0.2, 0.25) is 0 Å². The third-order valence-electron chi connectivity index (χ3n) is 13.0. The van der Waals surface area contributed by atoms with Gasteiger partial charge in [0.25, 0.3) is 0 Å². The van der Waals surface area contributed by atoms with Crippen molar-refractivity contribution in [2.75, 3.05) is 0 Å². The fourth-order valence-corrected chi connectivity index (χ4v) is 15.3. The second-order valence-corrected chi connectivity index (χ2v) is 20.1. The molecule has 13 aromatic rings. The van der Waals surface area contributed by atoms with Crippen LogP contribution in [0.1, 0.15) is 0 Å². The van der Waals surface area contributed by atoms with E-state index in [0.29, 0.717) is 17.7 Å². The molecule has 0 aliphatic rings. The molecular formula is C57H37N5OSi. The Kier molecular flexibility index (Phi) is 8.13. The van der Waals surface area contributed by atoms with Gasteiger partial charge in [-0.1, -0.05) is 188 Å². The highest BCUT2D eigenvalue weighted by molar-refractivity contribution is 7.20. The van der Waals surface area contributed by atoms with E-state index in [1.54, 1.807) is 0 Å². The van der Waals surface area contributed by atoms with Crippen molar-refractivity contribution in [3.63, 3.8) is 0 Å². The highest BCUT2D eigenvalue weighted by Crippen LogP contribution is 2.38. The summed E-state index contributed by atoms with van der Waals surface area (Å²) in [6.45, 7) is 0. The Bertz CT molecular complexity index is 3580. The minimum Gasteiger partial charge on any atom is -0.455 e. The van der Waals surface area contributed by atoms with Crippen molar-refractivity contribution in [2.45, 2.75) is 0 Å². The Labute approximate surface area is 369 Å². The lowest BCUT2D eigenvalue weighted by atomic mass is 10.1. The van der Waals surface area contributed by atoms with Gasteiger partial charge in [-0.3, -0.25) is 9.13 Å². The molecule has 0 spiro atoms. The van der Waals surface area contributed by atoms with Crippen LogP contribution in [0.15, 0.2) is 229 Å². The maximum absolute atomic E-state index is 7.13. The fourth-order valence-electron chi connectivity index (χ4n) is 10.3. The molecule has 0 aliphatic carbocycles. The molecule has 64 heavy (non-hydrogen) atoms. The van der Waals surface area contributed by atoms with Crippen LogP contribution in [0.5, 0.6) is 0 Å². The molecule has 300 valence electrons. The molecule has 0 radical (unpaired) electrons. The predicted octanol–water partition coefficient (Wildman–Crippen LogP) is 11.0. The molecule has 0 atom stereocenters. The van der Waals surface area contributed by atoms with Crippen LogP contribution in [0.3, 0.4) is 0 Å². The fraction of sp³-hybridized carbons (Fsp3) is 0. The maximum Gasteiger partial charge on any atom is 0.240 e. The Morgan fingerprint density at radius 3 is 1.16 bits per heavy atom. The molecule has 0 saturated carbocycles. The van der Waals surface area contributed by atoms with Crippen molar-refractivity contribution in [1.82, 2.24) is 24.1 Å². The van der Waals surface area contributed by atoms with Crippen molar-refractivity contribution in [3.05, 3.63) is 224 Å². The zero-order valence-corrected chi connectivity index (χ0v) is 35.5. The van der Waals surface area contributed by atoms with E-state index in [4.69, 9.17) is 19.4 Å². The molecule has 0 unspecified atom stereocenters. The Balaban J connectivity index is 1.17. The number of rotatable bonds is 7. The smallest absolute Gasteiger partial charge is 0.240 e. The molecule has 0 N–H and O–H groups in total. The predicted molar refractivity (Wildman–Crippen MR) is 265 cm³/mol. The van der Waals surface area contributed by atoms with Crippen LogP contribution in [0.4, 0.5) is 0 Å². The van der Waals surface area contributed by atoms with E-state index >= 15 is 0 Å². The lowest BCUT2D eigenvalue weighted by Crippen LogP contribution is -2.74. The lowest BCUT2D eigenvalue weighted by molar-refractivity contribution is 0.669. The van der Waals surface area contributed by atoms with E-state index in [1.807, 2.05) is 6.07 Å². The molecule has 0 aliphatic heterocycles. The molecule has 6 nitrogen and oxygen atoms in total. The van der Waals surface area contributed by atoms with E-state index in [1.165, 1.54) is 20.7 Å². The van der Waals surface area contributed by atoms with E-state index in [-0.39, 0.29) is 0 Å². The quantitative estimate of drug-likeness (QED) is 0.119. The molecule has 0 amide bonds. The second kappa shape index (κ2) is 14.3. The summed E-state index contributed by atoms with van der Waals surface area (Å²) < 4.78 is 11.5. The number of aromatic nitrogens is 5. The zero-order chi connectivity index (χ0) is 42.2. The standard InChI is InChI=1S/C57H37N5OSi/c1-4-20-38(21-5-1)64(39-22-6-2-7-23-39,40-24-8-3-9-25-40)52-37-36-46(54-53(52)45-30-14-19-35-51(45)63-54)55-58-56(61-47-31-15-10-26-41(47)42-27-11-16-32-48(42)61)60-57(59-55)62-49-33-17-12-28-43(49)44-29-13-18-34-50(44)62/h1-37H. The number of fused-ring (bicyclic) bond motifs is 9. The van der Waals surface area contributed by atoms with Crippen molar-refractivity contribution < 1.29 is 4.42 Å². The van der Waals surface area contributed by atoms with Gasteiger partial charge in [-0.15, -0.1) is 0 Å². The third kappa shape index (κ3) is 5.28. The Hall–Kier alpha value is -8.39. The van der Waals surface area contributed by atoms with Gasteiger partial charge in [-0.2, -0.15) is 15.0 Å². The second-order valence-electron chi connectivity index (χ2n) is 16.3. The van der Waals surface area contributed by atoms with Crippen LogP contribution >= 0.6 is 0 Å². The molecule has 0 bridgehead atoms. The van der Waals surface area contributed by atoms with Crippen LogP contribution in [0, 0.1) is 0 Å². The van der Waals surface area contributed by atoms with Crippen LogP contribution < -0.4 is 20.7 Å². The van der Waals surface area contributed by atoms with Gasteiger partial charge in [0.05, 0.1) is 27.6 Å². The van der Waals surface area contributed by atoms with Crippen molar-refractivity contribution in [1.29, 1.82) is 0 Å². The van der Waals surface area contributed by atoms with Crippen molar-refractivity contribution in [2.24, 2.45) is 0 Å². The van der Waals surface area contributed by atoms with Gasteiger partial charge in [-0.05, 0) is 57.1 Å². The summed E-state index contributed by atoms with van der Waals surface area (Å²) in [6, 6.07) is 80.0. The molecule has 13 rings (SSSR count). The first kappa shape index (κ1) is 36.3. The van der Waals surface area contributed by atoms with Crippen molar-refractivity contribution in [3.8, 4) is 23.3 Å². The zero-order valence-electron chi connectivity index (χ0n) is 34.5. The van der Waals surface area contributed by atoms with Gasteiger partial charge < -0.3 is 4.42 Å². The topological polar surface area (TPSA) is 61.7 Å². The van der Waals surface area contributed by atoms with E-state index in [2.05, 4.69) is 228 Å². The molecule has 7 heteroatoms. The first-order chi connectivity index (χ1) is 31.8.